The average molecular weight is 378 g/mol. The molecule has 5 nitrogen and oxygen atoms in total. The first-order valence-corrected chi connectivity index (χ1v) is 10.4. The standard InChI is InChI=1S/C23H26N2O3/c26-18-3-1-2-17(11-18)19-13-25(22-16-6-8-24(9-7-16)23(19)22)12-15-4-5-20-21(10-15)28-14-27-20/h1-5,10-11,16,19,22-23,26H,6-9,12-14H2/t19-,22+,23+/m0/s1. The molecule has 0 saturated carbocycles. The zero-order valence-electron chi connectivity index (χ0n) is 16.0. The minimum Gasteiger partial charge on any atom is -0.508 e. The van der Waals surface area contributed by atoms with Gasteiger partial charge in [-0.3, -0.25) is 9.80 Å². The fourth-order valence-corrected chi connectivity index (χ4v) is 6.04. The number of fused-ring (bicyclic) bond motifs is 3. The van der Waals surface area contributed by atoms with Crippen molar-refractivity contribution in [1.29, 1.82) is 0 Å². The summed E-state index contributed by atoms with van der Waals surface area (Å²) in [6, 6.07) is 15.4. The highest BCUT2D eigenvalue weighted by molar-refractivity contribution is 5.44. The van der Waals surface area contributed by atoms with Crippen LogP contribution in [0.1, 0.15) is 29.9 Å². The lowest BCUT2D eigenvalue weighted by molar-refractivity contribution is -0.00870. The van der Waals surface area contributed by atoms with Crippen molar-refractivity contribution in [3.05, 3.63) is 53.6 Å². The van der Waals surface area contributed by atoms with Crippen molar-refractivity contribution in [2.75, 3.05) is 26.4 Å². The van der Waals surface area contributed by atoms with E-state index in [0.29, 0.717) is 30.5 Å². The molecule has 5 heterocycles. The third-order valence-corrected chi connectivity index (χ3v) is 7.21. The van der Waals surface area contributed by atoms with Crippen molar-refractivity contribution in [1.82, 2.24) is 9.80 Å². The lowest BCUT2D eigenvalue weighted by Gasteiger charge is -2.51. The van der Waals surface area contributed by atoms with Gasteiger partial charge in [0.1, 0.15) is 5.75 Å². The Morgan fingerprint density at radius 1 is 0.964 bits per heavy atom. The van der Waals surface area contributed by atoms with Crippen LogP contribution in [0.2, 0.25) is 0 Å². The average Bonchev–Trinajstić information content (AvgIpc) is 3.35. The zero-order valence-corrected chi connectivity index (χ0v) is 16.0. The van der Waals surface area contributed by atoms with Crippen LogP contribution in [0.15, 0.2) is 42.5 Å². The summed E-state index contributed by atoms with van der Waals surface area (Å²) in [6.45, 7) is 4.75. The Balaban J connectivity index is 1.32. The van der Waals surface area contributed by atoms with Crippen molar-refractivity contribution < 1.29 is 14.6 Å². The van der Waals surface area contributed by atoms with Crippen molar-refractivity contribution in [3.8, 4) is 17.2 Å². The molecule has 2 aromatic rings. The van der Waals surface area contributed by atoms with Crippen LogP contribution in [0.4, 0.5) is 0 Å². The molecule has 0 aromatic heterocycles. The fourth-order valence-electron chi connectivity index (χ4n) is 6.04. The van der Waals surface area contributed by atoms with Gasteiger partial charge in [-0.25, -0.2) is 0 Å². The molecule has 2 aromatic carbocycles. The lowest BCUT2D eigenvalue weighted by atomic mass is 9.75. The largest absolute Gasteiger partial charge is 0.508 e. The van der Waals surface area contributed by atoms with E-state index in [1.165, 1.54) is 37.1 Å². The monoisotopic (exact) mass is 378 g/mol. The van der Waals surface area contributed by atoms with Crippen molar-refractivity contribution >= 4 is 0 Å². The van der Waals surface area contributed by atoms with Gasteiger partial charge in [-0.15, -0.1) is 0 Å². The third kappa shape index (κ3) is 2.60. The minimum absolute atomic E-state index is 0.323. The van der Waals surface area contributed by atoms with E-state index < -0.39 is 0 Å². The highest BCUT2D eigenvalue weighted by Gasteiger charge is 2.53. The Kier molecular flexibility index (Phi) is 3.81. The highest BCUT2D eigenvalue weighted by atomic mass is 16.7. The minimum atomic E-state index is 0.323. The molecule has 0 spiro atoms. The smallest absolute Gasteiger partial charge is 0.231 e. The number of ether oxygens (including phenoxy) is 2. The summed E-state index contributed by atoms with van der Waals surface area (Å²) in [7, 11) is 0. The van der Waals surface area contributed by atoms with Crippen molar-refractivity contribution in [2.45, 2.75) is 37.4 Å². The number of nitrogens with zero attached hydrogens (tertiary/aromatic N) is 2. The summed E-state index contributed by atoms with van der Waals surface area (Å²) < 4.78 is 11.1. The van der Waals surface area contributed by atoms with Crippen LogP contribution in [0.3, 0.4) is 0 Å². The molecule has 4 fully saturated rings. The predicted octanol–water partition coefficient (Wildman–Crippen LogP) is 3.18. The summed E-state index contributed by atoms with van der Waals surface area (Å²) in [5, 5.41) is 10.0. The van der Waals surface area contributed by atoms with Crippen LogP contribution in [-0.2, 0) is 6.54 Å². The van der Waals surface area contributed by atoms with E-state index in [1.807, 2.05) is 18.2 Å². The molecule has 146 valence electrons. The molecule has 5 aliphatic rings. The number of rotatable bonds is 3. The first kappa shape index (κ1) is 16.7. The molecule has 7 rings (SSSR count). The molecule has 5 aliphatic heterocycles. The Morgan fingerprint density at radius 3 is 2.68 bits per heavy atom. The molecule has 5 heteroatoms. The van der Waals surface area contributed by atoms with Crippen molar-refractivity contribution in [3.63, 3.8) is 0 Å². The topological polar surface area (TPSA) is 45.2 Å². The Morgan fingerprint density at radius 2 is 1.82 bits per heavy atom. The van der Waals surface area contributed by atoms with Crippen LogP contribution in [0.5, 0.6) is 17.2 Å². The number of aromatic hydroxyl groups is 1. The molecule has 4 saturated heterocycles. The lowest BCUT2D eigenvalue weighted by Crippen LogP contribution is -2.59. The second-order valence-electron chi connectivity index (χ2n) is 8.67. The van der Waals surface area contributed by atoms with Gasteiger partial charge in [0.05, 0.1) is 0 Å². The molecule has 0 aliphatic carbocycles. The number of phenols is 1. The van der Waals surface area contributed by atoms with Crippen LogP contribution in [0, 0.1) is 5.92 Å². The van der Waals surface area contributed by atoms with Gasteiger partial charge >= 0.3 is 0 Å². The van der Waals surface area contributed by atoms with Crippen LogP contribution < -0.4 is 9.47 Å². The van der Waals surface area contributed by atoms with E-state index in [-0.39, 0.29) is 0 Å². The third-order valence-electron chi connectivity index (χ3n) is 7.21. The number of hydrogen-bond donors (Lipinski definition) is 1. The van der Waals surface area contributed by atoms with Gasteiger partial charge in [0.2, 0.25) is 6.79 Å². The van der Waals surface area contributed by atoms with E-state index in [0.717, 1.165) is 30.5 Å². The first-order chi connectivity index (χ1) is 13.8. The summed E-state index contributed by atoms with van der Waals surface area (Å²) in [5.74, 6) is 3.33. The second kappa shape index (κ2) is 6.39. The van der Waals surface area contributed by atoms with Crippen LogP contribution in [0.25, 0.3) is 0 Å². The fraction of sp³-hybridized carbons (Fsp3) is 0.478. The van der Waals surface area contributed by atoms with Gasteiger partial charge in [0, 0.05) is 31.1 Å². The SMILES string of the molecule is Oc1cccc([C@@H]2CN(Cc3ccc4c(c3)OCO4)[C@@H]3C4CCN(CC4)[C@@H]32)c1. The Hall–Kier alpha value is -2.24. The van der Waals surface area contributed by atoms with Gasteiger partial charge in [-0.05, 0) is 67.2 Å². The van der Waals surface area contributed by atoms with Crippen LogP contribution in [-0.4, -0.2) is 53.4 Å². The molecule has 0 unspecified atom stereocenters. The molecule has 2 bridgehead atoms. The summed E-state index contributed by atoms with van der Waals surface area (Å²) in [4.78, 5) is 5.39. The van der Waals surface area contributed by atoms with E-state index in [4.69, 9.17) is 9.47 Å². The number of piperidine rings is 3. The maximum absolute atomic E-state index is 10.0. The normalized spacial score (nSPS) is 33.2. The molecular weight excluding hydrogens is 352 g/mol. The molecule has 28 heavy (non-hydrogen) atoms. The van der Waals surface area contributed by atoms with Gasteiger partial charge in [-0.2, -0.15) is 0 Å². The zero-order chi connectivity index (χ0) is 18.7. The molecular formula is C23H26N2O3. The van der Waals surface area contributed by atoms with E-state index >= 15 is 0 Å². The predicted molar refractivity (Wildman–Crippen MR) is 106 cm³/mol. The quantitative estimate of drug-likeness (QED) is 0.889. The molecule has 3 atom stereocenters. The number of likely N-dealkylation sites (tertiary alicyclic amines) is 1. The van der Waals surface area contributed by atoms with Gasteiger partial charge in [-0.1, -0.05) is 18.2 Å². The van der Waals surface area contributed by atoms with Gasteiger partial charge < -0.3 is 14.6 Å². The number of phenolic OH excluding ortho intramolecular Hbond substituents is 1. The first-order valence-electron chi connectivity index (χ1n) is 10.4. The summed E-state index contributed by atoms with van der Waals surface area (Å²) in [6.07, 6.45) is 2.62. The van der Waals surface area contributed by atoms with Gasteiger partial charge in [0.25, 0.3) is 0 Å². The van der Waals surface area contributed by atoms with E-state index in [2.05, 4.69) is 28.0 Å². The highest BCUT2D eigenvalue weighted by Crippen LogP contribution is 2.47. The number of hydrogen-bond acceptors (Lipinski definition) is 5. The summed E-state index contributed by atoms with van der Waals surface area (Å²) in [5.41, 5.74) is 2.56. The second-order valence-corrected chi connectivity index (χ2v) is 8.67. The van der Waals surface area contributed by atoms with Crippen molar-refractivity contribution in [2.24, 2.45) is 5.92 Å². The maximum Gasteiger partial charge on any atom is 0.231 e. The van der Waals surface area contributed by atoms with E-state index in [9.17, 15) is 5.11 Å². The van der Waals surface area contributed by atoms with Gasteiger partial charge in [0.15, 0.2) is 11.5 Å². The molecule has 1 N–H and O–H groups in total. The Bertz CT molecular complexity index is 893. The maximum atomic E-state index is 10.0. The molecule has 0 radical (unpaired) electrons. The number of benzene rings is 2. The van der Waals surface area contributed by atoms with E-state index in [1.54, 1.807) is 6.07 Å². The Labute approximate surface area is 165 Å². The summed E-state index contributed by atoms with van der Waals surface area (Å²) >= 11 is 0. The molecule has 0 amide bonds. The van der Waals surface area contributed by atoms with Crippen LogP contribution >= 0.6 is 0 Å².